The predicted octanol–water partition coefficient (Wildman–Crippen LogP) is 6.46. The van der Waals surface area contributed by atoms with Gasteiger partial charge in [0.1, 0.15) is 17.3 Å². The molecular formula is C26H22O4. The Morgan fingerprint density at radius 1 is 0.733 bits per heavy atom. The van der Waals surface area contributed by atoms with E-state index in [-0.39, 0.29) is 12.2 Å². The van der Waals surface area contributed by atoms with Crippen molar-refractivity contribution in [3.63, 3.8) is 0 Å². The molecule has 1 aliphatic carbocycles. The molecule has 3 atom stereocenters. The Balaban J connectivity index is 1.42. The predicted molar refractivity (Wildman–Crippen MR) is 114 cm³/mol. The molecule has 0 unspecified atom stereocenters. The van der Waals surface area contributed by atoms with Crippen LogP contribution in [-0.4, -0.2) is 12.9 Å². The van der Waals surface area contributed by atoms with Gasteiger partial charge in [0, 0.05) is 16.7 Å². The molecule has 1 aromatic heterocycles. The number of hydrogen-bond acceptors (Lipinski definition) is 4. The Bertz CT molecular complexity index is 1290. The number of fused-ring (bicyclic) bond motifs is 7. The van der Waals surface area contributed by atoms with E-state index in [0.717, 1.165) is 45.4 Å². The van der Waals surface area contributed by atoms with E-state index in [4.69, 9.17) is 18.6 Å². The molecule has 0 N–H and O–H groups in total. The molecule has 3 heterocycles. The van der Waals surface area contributed by atoms with Crippen molar-refractivity contribution in [3.05, 3.63) is 71.3 Å². The molecule has 1 saturated carbocycles. The van der Waals surface area contributed by atoms with Crippen LogP contribution in [0.2, 0.25) is 0 Å². The second-order valence-electron chi connectivity index (χ2n) is 8.63. The minimum atomic E-state index is -0.105. The van der Waals surface area contributed by atoms with E-state index < -0.39 is 0 Å². The van der Waals surface area contributed by atoms with Crippen molar-refractivity contribution in [2.45, 2.75) is 43.8 Å². The third-order valence-corrected chi connectivity index (χ3v) is 6.98. The largest absolute Gasteiger partial charge is 0.456 e. The first-order chi connectivity index (χ1) is 14.8. The van der Waals surface area contributed by atoms with Gasteiger partial charge in [-0.05, 0) is 59.9 Å². The average molecular weight is 398 g/mol. The maximum atomic E-state index is 6.77. The van der Waals surface area contributed by atoms with Crippen molar-refractivity contribution < 1.29 is 18.6 Å². The lowest BCUT2D eigenvalue weighted by Crippen LogP contribution is -2.33. The first-order valence-electron chi connectivity index (χ1n) is 10.9. The summed E-state index contributed by atoms with van der Waals surface area (Å²) in [6.45, 7) is 0.296. The van der Waals surface area contributed by atoms with Gasteiger partial charge in [-0.2, -0.15) is 0 Å². The van der Waals surface area contributed by atoms with Crippen LogP contribution in [0.15, 0.2) is 59.0 Å². The first-order valence-corrected chi connectivity index (χ1v) is 10.9. The van der Waals surface area contributed by atoms with Gasteiger partial charge < -0.3 is 18.6 Å². The molecule has 4 nitrogen and oxygen atoms in total. The van der Waals surface area contributed by atoms with E-state index in [9.17, 15) is 0 Å². The summed E-state index contributed by atoms with van der Waals surface area (Å²) in [5.74, 6) is 2.14. The van der Waals surface area contributed by atoms with Gasteiger partial charge in [0.15, 0.2) is 11.5 Å². The molecule has 150 valence electrons. The Morgan fingerprint density at radius 2 is 1.53 bits per heavy atom. The molecule has 0 amide bonds. The third-order valence-electron chi connectivity index (χ3n) is 6.98. The van der Waals surface area contributed by atoms with Crippen LogP contribution in [0.25, 0.3) is 21.9 Å². The Hall–Kier alpha value is -2.98. The van der Waals surface area contributed by atoms with Crippen molar-refractivity contribution in [2.75, 3.05) is 6.79 Å². The van der Waals surface area contributed by atoms with Crippen LogP contribution in [0.1, 0.15) is 54.4 Å². The molecule has 4 heteroatoms. The highest BCUT2D eigenvalue weighted by atomic mass is 16.7. The minimum Gasteiger partial charge on any atom is -0.456 e. The number of benzene rings is 3. The highest BCUT2D eigenvalue weighted by Crippen LogP contribution is 2.51. The highest BCUT2D eigenvalue weighted by Gasteiger charge is 2.39. The molecule has 1 fully saturated rings. The molecule has 4 aromatic rings. The first kappa shape index (κ1) is 16.8. The number of hydrogen-bond donors (Lipinski definition) is 0. The van der Waals surface area contributed by atoms with Crippen LogP contribution in [0, 0.1) is 0 Å². The van der Waals surface area contributed by atoms with Gasteiger partial charge in [0.2, 0.25) is 6.79 Å². The topological polar surface area (TPSA) is 40.8 Å². The summed E-state index contributed by atoms with van der Waals surface area (Å²) >= 11 is 0. The summed E-state index contributed by atoms with van der Waals surface area (Å²) in [4.78, 5) is 0. The molecule has 2 aliphatic heterocycles. The van der Waals surface area contributed by atoms with Crippen molar-refractivity contribution >= 4 is 21.9 Å². The van der Waals surface area contributed by atoms with Crippen LogP contribution >= 0.6 is 0 Å². The summed E-state index contributed by atoms with van der Waals surface area (Å²) in [6.07, 6.45) is 4.94. The highest BCUT2D eigenvalue weighted by molar-refractivity contribution is 6.05. The van der Waals surface area contributed by atoms with Crippen molar-refractivity contribution in [1.29, 1.82) is 0 Å². The van der Waals surface area contributed by atoms with Gasteiger partial charge in [-0.1, -0.05) is 37.1 Å². The van der Waals surface area contributed by atoms with Gasteiger partial charge in [-0.3, -0.25) is 0 Å². The van der Waals surface area contributed by atoms with E-state index >= 15 is 0 Å². The van der Waals surface area contributed by atoms with Crippen LogP contribution in [0.4, 0.5) is 0 Å². The number of para-hydroxylation sites is 1. The quantitative estimate of drug-likeness (QED) is 0.369. The second-order valence-corrected chi connectivity index (χ2v) is 8.63. The molecule has 0 radical (unpaired) electrons. The zero-order valence-corrected chi connectivity index (χ0v) is 16.6. The van der Waals surface area contributed by atoms with E-state index in [2.05, 4.69) is 42.5 Å². The normalized spacial score (nSPS) is 24.7. The smallest absolute Gasteiger partial charge is 0.231 e. The second kappa shape index (κ2) is 6.26. The fourth-order valence-electron chi connectivity index (χ4n) is 5.55. The lowest BCUT2D eigenvalue weighted by molar-refractivity contribution is -0.0389. The SMILES string of the molecule is c1ccc2c(c1)oc1ccc([C@H]3O[C@H]4CCCC[C@@H]4c4cc5c(cc43)OCO5)cc12. The molecule has 3 aliphatic rings. The van der Waals surface area contributed by atoms with Crippen molar-refractivity contribution in [1.82, 2.24) is 0 Å². The monoisotopic (exact) mass is 398 g/mol. The fraction of sp³-hybridized carbons (Fsp3) is 0.308. The van der Waals surface area contributed by atoms with E-state index in [1.54, 1.807) is 0 Å². The zero-order valence-electron chi connectivity index (χ0n) is 16.6. The zero-order chi connectivity index (χ0) is 19.7. The summed E-state index contributed by atoms with van der Waals surface area (Å²) in [5, 5.41) is 2.28. The van der Waals surface area contributed by atoms with E-state index in [0.29, 0.717) is 12.7 Å². The summed E-state index contributed by atoms with van der Waals surface area (Å²) in [6, 6.07) is 19.0. The van der Waals surface area contributed by atoms with Crippen LogP contribution < -0.4 is 9.47 Å². The van der Waals surface area contributed by atoms with E-state index in [1.165, 1.54) is 30.4 Å². The van der Waals surface area contributed by atoms with Gasteiger partial charge in [-0.25, -0.2) is 0 Å². The summed E-state index contributed by atoms with van der Waals surface area (Å²) < 4.78 is 24.2. The molecular weight excluding hydrogens is 376 g/mol. The molecule has 0 saturated heterocycles. The van der Waals surface area contributed by atoms with Gasteiger partial charge in [0.05, 0.1) is 6.10 Å². The molecule has 0 spiro atoms. The molecule has 7 rings (SSSR count). The van der Waals surface area contributed by atoms with E-state index in [1.807, 2.05) is 12.1 Å². The van der Waals surface area contributed by atoms with Gasteiger partial charge >= 0.3 is 0 Å². The van der Waals surface area contributed by atoms with Crippen molar-refractivity contribution in [2.24, 2.45) is 0 Å². The fourth-order valence-corrected chi connectivity index (χ4v) is 5.55. The number of furan rings is 1. The Labute approximate surface area is 174 Å². The number of rotatable bonds is 1. The standard InChI is InChI=1S/C26H22O4/c1-4-8-22-16(5-1)18-12-24-25(28-14-27-24)13-20(18)26(30-22)15-9-10-23-19(11-15)17-6-2-3-7-21(17)29-23/h2-3,6-7,9-13,16,22,26H,1,4-5,8,14H2/t16-,22+,26-/m1/s1. The maximum absolute atomic E-state index is 6.77. The van der Waals surface area contributed by atoms with Gasteiger partial charge in [-0.15, -0.1) is 0 Å². The molecule has 0 bridgehead atoms. The molecule has 3 aromatic carbocycles. The van der Waals surface area contributed by atoms with Crippen LogP contribution in [0.3, 0.4) is 0 Å². The Morgan fingerprint density at radius 3 is 2.47 bits per heavy atom. The lowest BCUT2D eigenvalue weighted by Gasteiger charge is -2.41. The lowest BCUT2D eigenvalue weighted by atomic mass is 9.76. The number of ether oxygens (including phenoxy) is 3. The minimum absolute atomic E-state index is 0.105. The third kappa shape index (κ3) is 2.37. The average Bonchev–Trinajstić information content (AvgIpc) is 3.40. The van der Waals surface area contributed by atoms with Gasteiger partial charge in [0.25, 0.3) is 0 Å². The van der Waals surface area contributed by atoms with Crippen LogP contribution in [-0.2, 0) is 4.74 Å². The van der Waals surface area contributed by atoms with Crippen molar-refractivity contribution in [3.8, 4) is 11.5 Å². The Kier molecular flexibility index (Phi) is 3.50. The maximum Gasteiger partial charge on any atom is 0.231 e. The summed E-state index contributed by atoms with van der Waals surface area (Å²) in [7, 11) is 0. The van der Waals surface area contributed by atoms with Crippen LogP contribution in [0.5, 0.6) is 11.5 Å². The summed E-state index contributed by atoms with van der Waals surface area (Å²) in [5.41, 5.74) is 5.59. The molecule has 30 heavy (non-hydrogen) atoms.